The molecule has 0 fully saturated rings. The Labute approximate surface area is 132 Å². The number of nitrogens with two attached hydrogens (primary N) is 1. The molecule has 1 rings (SSSR count). The Morgan fingerprint density at radius 2 is 1.32 bits per heavy atom. The number of rotatable bonds is 2. The van der Waals surface area contributed by atoms with Gasteiger partial charge < -0.3 is 11.1 Å². The summed E-state index contributed by atoms with van der Waals surface area (Å²) in [4.78, 5) is 22.1. The molecule has 1 aromatic rings. The topological polar surface area (TPSA) is 72.2 Å². The van der Waals surface area contributed by atoms with Crippen molar-refractivity contribution in [3.8, 4) is 0 Å². The first-order valence-corrected chi connectivity index (χ1v) is 5.98. The molecule has 140 valence electrons. The van der Waals surface area contributed by atoms with Gasteiger partial charge in [0.25, 0.3) is 0 Å². The van der Waals surface area contributed by atoms with Gasteiger partial charge in [-0.2, -0.15) is 39.5 Å². The third-order valence-electron chi connectivity index (χ3n) is 2.77. The summed E-state index contributed by atoms with van der Waals surface area (Å²) in [6.07, 6.45) is -17.3. The summed E-state index contributed by atoms with van der Waals surface area (Å²) in [6.45, 7) is 0.530. The number of nitrogens with one attached hydrogen (secondary N) is 1. The van der Waals surface area contributed by atoms with E-state index in [1.54, 1.807) is 0 Å². The van der Waals surface area contributed by atoms with E-state index in [1.807, 2.05) is 0 Å². The Bertz CT molecular complexity index is 717. The van der Waals surface area contributed by atoms with Crippen molar-refractivity contribution in [3.63, 3.8) is 0 Å². The zero-order valence-corrected chi connectivity index (χ0v) is 11.9. The highest BCUT2D eigenvalue weighted by molar-refractivity contribution is 6.01. The predicted molar refractivity (Wildman–Crippen MR) is 64.3 cm³/mol. The van der Waals surface area contributed by atoms with Gasteiger partial charge in [0.1, 0.15) is 0 Å². The first-order chi connectivity index (χ1) is 11.0. The lowest BCUT2D eigenvalue weighted by Gasteiger charge is -2.24. The van der Waals surface area contributed by atoms with E-state index in [1.165, 1.54) is 5.32 Å². The summed E-state index contributed by atoms with van der Waals surface area (Å²) in [5.41, 5.74) is -7.29. The lowest BCUT2D eigenvalue weighted by Crippen LogP contribution is -2.29. The second-order valence-electron chi connectivity index (χ2n) is 4.64. The smallest absolute Gasteiger partial charge is 0.366 e. The van der Waals surface area contributed by atoms with Crippen molar-refractivity contribution < 1.29 is 49.1 Å². The Balaban J connectivity index is 4.21. The second-order valence-corrected chi connectivity index (χ2v) is 4.64. The van der Waals surface area contributed by atoms with Crippen molar-refractivity contribution in [1.82, 2.24) is 0 Å². The van der Waals surface area contributed by atoms with Crippen LogP contribution in [0.3, 0.4) is 0 Å². The van der Waals surface area contributed by atoms with E-state index in [0.29, 0.717) is 6.92 Å². The fourth-order valence-electron chi connectivity index (χ4n) is 1.98. The highest BCUT2D eigenvalue weighted by Crippen LogP contribution is 2.48. The summed E-state index contributed by atoms with van der Waals surface area (Å²) in [7, 11) is 0. The van der Waals surface area contributed by atoms with Crippen LogP contribution in [0.2, 0.25) is 0 Å². The summed E-state index contributed by atoms with van der Waals surface area (Å²) < 4.78 is 117. The Morgan fingerprint density at radius 1 is 0.880 bits per heavy atom. The summed E-state index contributed by atoms with van der Waals surface area (Å²) in [5.74, 6) is -3.70. The molecule has 0 aliphatic carbocycles. The van der Waals surface area contributed by atoms with Crippen LogP contribution in [0.1, 0.15) is 34.0 Å². The average molecular weight is 382 g/mol. The monoisotopic (exact) mass is 382 g/mol. The largest absolute Gasteiger partial charge is 0.419 e. The molecule has 0 atom stereocenters. The lowest BCUT2D eigenvalue weighted by atomic mass is 9.93. The van der Waals surface area contributed by atoms with Gasteiger partial charge in [0.2, 0.25) is 11.8 Å². The number of hydrogen-bond donors (Lipinski definition) is 2. The van der Waals surface area contributed by atoms with E-state index in [2.05, 4.69) is 5.73 Å². The van der Waals surface area contributed by atoms with E-state index in [-0.39, 0.29) is 0 Å². The van der Waals surface area contributed by atoms with Crippen LogP contribution in [0.4, 0.5) is 45.2 Å². The molecule has 0 bridgehead atoms. The number of primary amides is 1. The third-order valence-corrected chi connectivity index (χ3v) is 2.77. The van der Waals surface area contributed by atoms with Gasteiger partial charge in [-0.15, -0.1) is 0 Å². The van der Waals surface area contributed by atoms with Crippen LogP contribution in [0, 0.1) is 0 Å². The number of halogens is 9. The molecule has 0 aliphatic heterocycles. The number of hydrogen-bond acceptors (Lipinski definition) is 2. The van der Waals surface area contributed by atoms with Crippen LogP contribution in [0.25, 0.3) is 0 Å². The van der Waals surface area contributed by atoms with Gasteiger partial charge in [0.05, 0.1) is 27.9 Å². The maximum absolute atomic E-state index is 13.2. The number of carbonyl (C=O) groups is 2. The first kappa shape index (κ1) is 20.6. The van der Waals surface area contributed by atoms with Crippen molar-refractivity contribution >= 4 is 17.5 Å². The quantitative estimate of drug-likeness (QED) is 0.764. The summed E-state index contributed by atoms with van der Waals surface area (Å²) in [6, 6.07) is -0.708. The average Bonchev–Trinajstić information content (AvgIpc) is 2.32. The molecular formula is C12H7F9N2O2. The molecule has 0 saturated carbocycles. The van der Waals surface area contributed by atoms with Gasteiger partial charge in [-0.1, -0.05) is 0 Å². The van der Waals surface area contributed by atoms with Gasteiger partial charge in [-0.3, -0.25) is 9.59 Å². The van der Waals surface area contributed by atoms with Gasteiger partial charge in [-0.25, -0.2) is 0 Å². The maximum atomic E-state index is 13.2. The SMILES string of the molecule is CC(=O)Nc1c(C(F)(F)F)cc(C(F)(F)F)c(C(N)=O)c1C(F)(F)F. The number of anilines is 1. The molecule has 0 aromatic heterocycles. The standard InChI is InChI=1S/C12H7F9N2O2/c1-3(24)23-8-5(11(16,17)18)2-4(10(13,14)15)6(9(22)25)7(8)12(19,20)21/h2H,1H3,(H2,22,25)(H,23,24). The van der Waals surface area contributed by atoms with E-state index in [0.717, 1.165) is 0 Å². The van der Waals surface area contributed by atoms with Crippen molar-refractivity contribution in [2.45, 2.75) is 25.5 Å². The minimum Gasteiger partial charge on any atom is -0.366 e. The molecule has 2 amide bonds. The number of carbonyl (C=O) groups excluding carboxylic acids is 2. The van der Waals surface area contributed by atoms with Gasteiger partial charge in [-0.05, 0) is 6.07 Å². The van der Waals surface area contributed by atoms with Gasteiger partial charge in [0.15, 0.2) is 0 Å². The molecule has 13 heteroatoms. The summed E-state index contributed by atoms with van der Waals surface area (Å²) >= 11 is 0. The molecule has 0 saturated heterocycles. The molecule has 0 unspecified atom stereocenters. The molecule has 0 radical (unpaired) electrons. The van der Waals surface area contributed by atoms with Crippen LogP contribution < -0.4 is 11.1 Å². The number of alkyl halides is 9. The maximum Gasteiger partial charge on any atom is 0.419 e. The highest BCUT2D eigenvalue weighted by Gasteiger charge is 2.49. The zero-order chi connectivity index (χ0) is 20.0. The minimum atomic E-state index is -5.86. The lowest BCUT2D eigenvalue weighted by molar-refractivity contribution is -0.148. The Morgan fingerprint density at radius 3 is 1.60 bits per heavy atom. The van der Waals surface area contributed by atoms with Crippen LogP contribution >= 0.6 is 0 Å². The summed E-state index contributed by atoms with van der Waals surface area (Å²) in [5, 5.41) is 1.17. The molecule has 25 heavy (non-hydrogen) atoms. The Kier molecular flexibility index (Phi) is 5.03. The van der Waals surface area contributed by atoms with E-state index < -0.39 is 64.4 Å². The van der Waals surface area contributed by atoms with E-state index in [4.69, 9.17) is 0 Å². The van der Waals surface area contributed by atoms with Gasteiger partial charge >= 0.3 is 18.5 Å². The molecule has 4 nitrogen and oxygen atoms in total. The predicted octanol–water partition coefficient (Wildman–Crippen LogP) is 3.80. The van der Waals surface area contributed by atoms with Crippen molar-refractivity contribution in [1.29, 1.82) is 0 Å². The molecule has 0 heterocycles. The van der Waals surface area contributed by atoms with E-state index in [9.17, 15) is 49.1 Å². The molecule has 3 N–H and O–H groups in total. The fourth-order valence-corrected chi connectivity index (χ4v) is 1.98. The molecule has 1 aromatic carbocycles. The zero-order valence-electron chi connectivity index (χ0n) is 11.9. The number of benzene rings is 1. The van der Waals surface area contributed by atoms with Crippen molar-refractivity contribution in [2.75, 3.05) is 5.32 Å². The van der Waals surface area contributed by atoms with Crippen molar-refractivity contribution in [2.24, 2.45) is 5.73 Å². The van der Waals surface area contributed by atoms with Gasteiger partial charge in [0, 0.05) is 6.92 Å². The number of amides is 2. The van der Waals surface area contributed by atoms with Crippen LogP contribution in [-0.2, 0) is 23.3 Å². The Hall–Kier alpha value is -2.47. The molecular weight excluding hydrogens is 375 g/mol. The normalized spacial score (nSPS) is 12.9. The van der Waals surface area contributed by atoms with Crippen LogP contribution in [-0.4, -0.2) is 11.8 Å². The fraction of sp³-hybridized carbons (Fsp3) is 0.333. The molecule has 0 spiro atoms. The highest BCUT2D eigenvalue weighted by atomic mass is 19.4. The minimum absolute atomic E-state index is 0.530. The molecule has 0 aliphatic rings. The van der Waals surface area contributed by atoms with Crippen molar-refractivity contribution in [3.05, 3.63) is 28.3 Å². The van der Waals surface area contributed by atoms with Crippen LogP contribution in [0.5, 0.6) is 0 Å². The second kappa shape index (κ2) is 6.11. The van der Waals surface area contributed by atoms with Crippen LogP contribution in [0.15, 0.2) is 6.07 Å². The first-order valence-electron chi connectivity index (χ1n) is 5.98. The third kappa shape index (κ3) is 4.33. The van der Waals surface area contributed by atoms with E-state index >= 15 is 0 Å².